The molecule has 4 aromatic rings. The summed E-state index contributed by atoms with van der Waals surface area (Å²) in [5, 5.41) is 16.8. The first-order valence-corrected chi connectivity index (χ1v) is 9.09. The molecule has 0 aliphatic heterocycles. The molecule has 0 bridgehead atoms. The van der Waals surface area contributed by atoms with Crippen molar-refractivity contribution in [3.05, 3.63) is 72.1 Å². The van der Waals surface area contributed by atoms with Crippen molar-refractivity contribution in [2.75, 3.05) is 5.32 Å². The fourth-order valence-electron chi connectivity index (χ4n) is 2.37. The molecule has 1 N–H and O–H groups in total. The number of hydrogen-bond donors (Lipinski definition) is 1. The van der Waals surface area contributed by atoms with E-state index >= 15 is 0 Å². The van der Waals surface area contributed by atoms with Gasteiger partial charge in [-0.3, -0.25) is 4.79 Å². The Hall–Kier alpha value is -3.52. The van der Waals surface area contributed by atoms with Crippen molar-refractivity contribution in [3.63, 3.8) is 0 Å². The van der Waals surface area contributed by atoms with Crippen LogP contribution in [-0.4, -0.2) is 26.1 Å². The van der Waals surface area contributed by atoms with Gasteiger partial charge >= 0.3 is 0 Å². The standard InChI is InChI=1S/C19H15N5O2S/c25-18(13-24-22-19(21-23-24)17-7-4-12-27-17)20-14-8-10-16(11-9-14)26-15-5-2-1-3-6-15/h1-12H,13H2,(H,20,25). The Morgan fingerprint density at radius 3 is 2.52 bits per heavy atom. The molecule has 0 unspecified atom stereocenters. The summed E-state index contributed by atoms with van der Waals surface area (Å²) in [4.78, 5) is 14.4. The van der Waals surface area contributed by atoms with E-state index in [0.29, 0.717) is 17.3 Å². The van der Waals surface area contributed by atoms with Crippen molar-refractivity contribution < 1.29 is 9.53 Å². The number of carbonyl (C=O) groups excluding carboxylic acids is 1. The molecule has 0 atom stereocenters. The van der Waals surface area contributed by atoms with Gasteiger partial charge in [-0.05, 0) is 53.1 Å². The van der Waals surface area contributed by atoms with Gasteiger partial charge in [0, 0.05) is 5.69 Å². The van der Waals surface area contributed by atoms with Gasteiger partial charge in [0.05, 0.1) is 4.88 Å². The largest absolute Gasteiger partial charge is 0.457 e. The molecule has 0 aliphatic rings. The van der Waals surface area contributed by atoms with Crippen LogP contribution in [0.3, 0.4) is 0 Å². The van der Waals surface area contributed by atoms with Gasteiger partial charge in [0.2, 0.25) is 11.7 Å². The van der Waals surface area contributed by atoms with Crippen molar-refractivity contribution in [1.82, 2.24) is 20.2 Å². The molecule has 1 amide bonds. The quantitative estimate of drug-likeness (QED) is 0.552. The van der Waals surface area contributed by atoms with Crippen LogP contribution in [0.2, 0.25) is 0 Å². The number of rotatable bonds is 6. The van der Waals surface area contributed by atoms with Crippen LogP contribution in [-0.2, 0) is 11.3 Å². The molecule has 27 heavy (non-hydrogen) atoms. The number of para-hydroxylation sites is 1. The molecule has 2 aromatic heterocycles. The third kappa shape index (κ3) is 4.36. The Morgan fingerprint density at radius 1 is 1.00 bits per heavy atom. The van der Waals surface area contributed by atoms with E-state index in [2.05, 4.69) is 20.7 Å². The molecule has 134 valence electrons. The smallest absolute Gasteiger partial charge is 0.248 e. The van der Waals surface area contributed by atoms with E-state index in [9.17, 15) is 4.79 Å². The minimum Gasteiger partial charge on any atom is -0.457 e. The van der Waals surface area contributed by atoms with Gasteiger partial charge in [-0.25, -0.2) is 0 Å². The molecule has 0 spiro atoms. The van der Waals surface area contributed by atoms with Gasteiger partial charge in [-0.1, -0.05) is 24.3 Å². The van der Waals surface area contributed by atoms with E-state index in [4.69, 9.17) is 4.74 Å². The van der Waals surface area contributed by atoms with Crippen LogP contribution in [0, 0.1) is 0 Å². The normalized spacial score (nSPS) is 10.5. The first-order valence-electron chi connectivity index (χ1n) is 8.21. The third-order valence-corrected chi connectivity index (χ3v) is 4.46. The van der Waals surface area contributed by atoms with Crippen molar-refractivity contribution in [3.8, 4) is 22.2 Å². The Balaban J connectivity index is 1.34. The molecule has 0 aliphatic carbocycles. The molecule has 2 aromatic carbocycles. The highest BCUT2D eigenvalue weighted by Gasteiger charge is 2.10. The minimum absolute atomic E-state index is 0.0133. The van der Waals surface area contributed by atoms with Gasteiger partial charge in [-0.2, -0.15) is 4.80 Å². The maximum atomic E-state index is 12.2. The summed E-state index contributed by atoms with van der Waals surface area (Å²) in [7, 11) is 0. The fourth-order valence-corrected chi connectivity index (χ4v) is 3.02. The van der Waals surface area contributed by atoms with Gasteiger partial charge in [0.15, 0.2) is 0 Å². The molecule has 0 saturated heterocycles. The number of hydrogen-bond acceptors (Lipinski definition) is 6. The summed E-state index contributed by atoms with van der Waals surface area (Å²) in [6.07, 6.45) is 0. The highest BCUT2D eigenvalue weighted by atomic mass is 32.1. The van der Waals surface area contributed by atoms with Crippen molar-refractivity contribution in [1.29, 1.82) is 0 Å². The zero-order valence-electron chi connectivity index (χ0n) is 14.1. The summed E-state index contributed by atoms with van der Waals surface area (Å²) in [5.74, 6) is 1.73. The summed E-state index contributed by atoms with van der Waals surface area (Å²) in [5.41, 5.74) is 0.666. The van der Waals surface area contributed by atoms with Gasteiger partial charge < -0.3 is 10.1 Å². The van der Waals surface area contributed by atoms with Crippen LogP contribution in [0.5, 0.6) is 11.5 Å². The lowest BCUT2D eigenvalue weighted by Gasteiger charge is -2.07. The van der Waals surface area contributed by atoms with Gasteiger partial charge in [-0.15, -0.1) is 21.5 Å². The molecule has 8 heteroatoms. The average molecular weight is 377 g/mol. The topological polar surface area (TPSA) is 81.9 Å². The number of carbonyl (C=O) groups is 1. The third-order valence-electron chi connectivity index (χ3n) is 3.60. The Bertz CT molecular complexity index is 1010. The van der Waals surface area contributed by atoms with Crippen LogP contribution in [0.1, 0.15) is 0 Å². The maximum absolute atomic E-state index is 12.2. The lowest BCUT2D eigenvalue weighted by atomic mass is 10.3. The van der Waals surface area contributed by atoms with E-state index in [0.717, 1.165) is 10.6 Å². The molecule has 2 heterocycles. The number of aromatic nitrogens is 4. The van der Waals surface area contributed by atoms with E-state index in [-0.39, 0.29) is 12.5 Å². The molecular formula is C19H15N5O2S. The predicted molar refractivity (Wildman–Crippen MR) is 103 cm³/mol. The number of tetrazole rings is 1. The fraction of sp³-hybridized carbons (Fsp3) is 0.0526. The highest BCUT2D eigenvalue weighted by Crippen LogP contribution is 2.22. The number of amides is 1. The van der Waals surface area contributed by atoms with Crippen LogP contribution >= 0.6 is 11.3 Å². The number of thiophene rings is 1. The summed E-state index contributed by atoms with van der Waals surface area (Å²) >= 11 is 1.52. The zero-order valence-corrected chi connectivity index (χ0v) is 15.0. The number of nitrogens with one attached hydrogen (secondary N) is 1. The molecule has 0 radical (unpaired) electrons. The highest BCUT2D eigenvalue weighted by molar-refractivity contribution is 7.13. The summed E-state index contributed by atoms with van der Waals surface area (Å²) in [6, 6.07) is 20.5. The van der Waals surface area contributed by atoms with Gasteiger partial charge in [0.1, 0.15) is 18.0 Å². The van der Waals surface area contributed by atoms with Crippen molar-refractivity contribution in [2.45, 2.75) is 6.54 Å². The second-order valence-electron chi connectivity index (χ2n) is 5.61. The molecule has 0 fully saturated rings. The lowest BCUT2D eigenvalue weighted by molar-refractivity contribution is -0.117. The Morgan fingerprint density at radius 2 is 1.78 bits per heavy atom. The van der Waals surface area contributed by atoms with Crippen LogP contribution in [0.4, 0.5) is 5.69 Å². The molecule has 0 saturated carbocycles. The maximum Gasteiger partial charge on any atom is 0.248 e. The molecule has 7 nitrogen and oxygen atoms in total. The number of ether oxygens (including phenoxy) is 1. The van der Waals surface area contributed by atoms with E-state index in [1.165, 1.54) is 16.1 Å². The predicted octanol–water partition coefficient (Wildman–Crippen LogP) is 3.83. The van der Waals surface area contributed by atoms with Crippen LogP contribution in [0.15, 0.2) is 72.1 Å². The Kier molecular flexibility index (Phi) is 4.88. The number of nitrogens with zero attached hydrogens (tertiary/aromatic N) is 4. The minimum atomic E-state index is -0.234. The van der Waals surface area contributed by atoms with Gasteiger partial charge in [0.25, 0.3) is 0 Å². The summed E-state index contributed by atoms with van der Waals surface area (Å²) < 4.78 is 5.73. The Labute approximate surface area is 159 Å². The van der Waals surface area contributed by atoms with E-state index < -0.39 is 0 Å². The number of anilines is 1. The zero-order chi connectivity index (χ0) is 18.5. The second kappa shape index (κ2) is 7.79. The second-order valence-corrected chi connectivity index (χ2v) is 6.56. The molecular weight excluding hydrogens is 362 g/mol. The first-order chi connectivity index (χ1) is 13.3. The van der Waals surface area contributed by atoms with Crippen molar-refractivity contribution >= 4 is 22.9 Å². The first kappa shape index (κ1) is 16.9. The van der Waals surface area contributed by atoms with Crippen molar-refractivity contribution in [2.24, 2.45) is 0 Å². The van der Waals surface area contributed by atoms with Crippen LogP contribution < -0.4 is 10.1 Å². The molecule has 4 rings (SSSR count). The monoisotopic (exact) mass is 377 g/mol. The van der Waals surface area contributed by atoms with Crippen LogP contribution in [0.25, 0.3) is 10.7 Å². The summed E-state index contributed by atoms with van der Waals surface area (Å²) in [6.45, 7) is -0.0133. The van der Waals surface area contributed by atoms with E-state index in [1.54, 1.807) is 24.3 Å². The average Bonchev–Trinajstić information content (AvgIpc) is 3.36. The number of benzene rings is 2. The SMILES string of the molecule is O=C(Cn1nnc(-c2cccs2)n1)Nc1ccc(Oc2ccccc2)cc1. The lowest BCUT2D eigenvalue weighted by Crippen LogP contribution is -2.20. The van der Waals surface area contributed by atoms with E-state index in [1.807, 2.05) is 47.8 Å².